The molecule has 2 aliphatic rings. The van der Waals surface area contributed by atoms with Crippen molar-refractivity contribution in [2.24, 2.45) is 16.8 Å². The summed E-state index contributed by atoms with van der Waals surface area (Å²) in [5.41, 5.74) is 8.80. The molecule has 29 heavy (non-hydrogen) atoms. The Morgan fingerprint density at radius 2 is 1.76 bits per heavy atom. The predicted molar refractivity (Wildman–Crippen MR) is 122 cm³/mol. The van der Waals surface area contributed by atoms with Crippen molar-refractivity contribution in [1.29, 1.82) is 0 Å². The summed E-state index contributed by atoms with van der Waals surface area (Å²) in [5, 5.41) is 6.17. The quantitative estimate of drug-likeness (QED) is 0.588. The van der Waals surface area contributed by atoms with Crippen LogP contribution in [-0.4, -0.2) is 23.3 Å². The van der Waals surface area contributed by atoms with Gasteiger partial charge in [-0.05, 0) is 42.8 Å². The van der Waals surface area contributed by atoms with Crippen LogP contribution in [0.25, 0.3) is 0 Å². The van der Waals surface area contributed by atoms with Crippen molar-refractivity contribution in [3.05, 3.63) is 60.2 Å². The molecule has 2 aromatic rings. The van der Waals surface area contributed by atoms with Gasteiger partial charge in [0.05, 0.1) is 11.4 Å². The Morgan fingerprint density at radius 1 is 1.07 bits per heavy atom. The Hall–Kier alpha value is -2.73. The van der Waals surface area contributed by atoms with E-state index in [-0.39, 0.29) is 11.0 Å². The van der Waals surface area contributed by atoms with Gasteiger partial charge < -0.3 is 10.6 Å². The summed E-state index contributed by atoms with van der Waals surface area (Å²) >= 11 is 5.21. The number of hydrogen-bond acceptors (Lipinski definition) is 3. The van der Waals surface area contributed by atoms with Crippen LogP contribution < -0.4 is 15.6 Å². The molecule has 150 valence electrons. The molecule has 0 spiro atoms. The van der Waals surface area contributed by atoms with Gasteiger partial charge in [0.2, 0.25) is 0 Å². The maximum Gasteiger partial charge on any atom is 0.279 e. The minimum absolute atomic E-state index is 0.0841. The highest BCUT2D eigenvalue weighted by atomic mass is 32.1. The second kappa shape index (κ2) is 8.74. The van der Waals surface area contributed by atoms with Gasteiger partial charge in [0.15, 0.2) is 10.8 Å². The summed E-state index contributed by atoms with van der Waals surface area (Å²) in [6.07, 6.45) is 7.53. The third-order valence-electron chi connectivity index (χ3n) is 5.79. The third-order valence-corrected chi connectivity index (χ3v) is 5.97. The fourth-order valence-corrected chi connectivity index (χ4v) is 4.42. The van der Waals surface area contributed by atoms with Crippen LogP contribution in [-0.2, 0) is 4.79 Å². The molecule has 1 fully saturated rings. The summed E-state index contributed by atoms with van der Waals surface area (Å²) in [5.74, 6) is 0.626. The molecule has 0 aromatic heterocycles. The predicted octanol–water partition coefficient (Wildman–Crippen LogP) is 4.46. The number of hydrogen-bond donors (Lipinski definition) is 1. The highest BCUT2D eigenvalue weighted by Gasteiger charge is 2.35. The van der Waals surface area contributed by atoms with E-state index in [1.807, 2.05) is 59.5 Å². The van der Waals surface area contributed by atoms with E-state index >= 15 is 0 Å². The number of fused-ring (bicyclic) bond motifs is 1. The van der Waals surface area contributed by atoms with E-state index in [0.717, 1.165) is 29.9 Å². The van der Waals surface area contributed by atoms with Gasteiger partial charge in [-0.25, -0.2) is 5.01 Å². The molecule has 5 nitrogen and oxygen atoms in total. The highest BCUT2D eigenvalue weighted by Crippen LogP contribution is 2.32. The van der Waals surface area contributed by atoms with E-state index in [0.29, 0.717) is 11.6 Å². The number of nitrogens with zero attached hydrogens (tertiary/aromatic N) is 3. The summed E-state index contributed by atoms with van der Waals surface area (Å²) in [6, 6.07) is 17.3. The lowest BCUT2D eigenvalue weighted by atomic mass is 9.87. The van der Waals surface area contributed by atoms with Crippen molar-refractivity contribution in [3.8, 4) is 0 Å². The summed E-state index contributed by atoms with van der Waals surface area (Å²) in [4.78, 5) is 15.2. The van der Waals surface area contributed by atoms with Gasteiger partial charge in [0.1, 0.15) is 0 Å². The molecule has 6 heteroatoms. The molecule has 4 rings (SSSR count). The molecular weight excluding hydrogens is 380 g/mol. The van der Waals surface area contributed by atoms with Crippen LogP contribution in [0.2, 0.25) is 0 Å². The van der Waals surface area contributed by atoms with Gasteiger partial charge in [-0.2, -0.15) is 5.10 Å². The molecule has 0 atom stereocenters. The number of thiocarbonyl (C=S) groups is 1. The first kappa shape index (κ1) is 19.6. The number of carbonyl (C=O) groups is 1. The smallest absolute Gasteiger partial charge is 0.279 e. The maximum atomic E-state index is 13.3. The molecule has 2 N–H and O–H groups in total. The maximum absolute atomic E-state index is 13.3. The number of nitrogens with two attached hydrogens (primary N) is 1. The fourth-order valence-electron chi connectivity index (χ4n) is 4.27. The van der Waals surface area contributed by atoms with Crippen LogP contribution in [0.5, 0.6) is 0 Å². The number of hydrazone groups is 1. The van der Waals surface area contributed by atoms with Crippen LogP contribution in [0.15, 0.2) is 59.7 Å². The first-order chi connectivity index (χ1) is 14.1. The molecule has 1 amide bonds. The van der Waals surface area contributed by atoms with Gasteiger partial charge in [0, 0.05) is 12.1 Å². The molecule has 2 aromatic carbocycles. The Morgan fingerprint density at radius 3 is 2.48 bits per heavy atom. The lowest BCUT2D eigenvalue weighted by Crippen LogP contribution is -2.36. The fraction of sp³-hybridized carbons (Fsp3) is 0.348. The second-order valence-corrected chi connectivity index (χ2v) is 8.12. The number of amides is 1. The topological polar surface area (TPSA) is 61.9 Å². The van der Waals surface area contributed by atoms with Crippen LogP contribution in [0.1, 0.15) is 44.1 Å². The Labute approximate surface area is 177 Å². The average Bonchev–Trinajstić information content (AvgIpc) is 3.02. The van der Waals surface area contributed by atoms with Crippen molar-refractivity contribution in [2.75, 3.05) is 16.5 Å². The monoisotopic (exact) mass is 406 g/mol. The molecule has 0 saturated heterocycles. The lowest BCUT2D eigenvalue weighted by Gasteiger charge is -2.24. The van der Waals surface area contributed by atoms with E-state index in [2.05, 4.69) is 5.10 Å². The zero-order chi connectivity index (χ0) is 20.2. The minimum Gasteiger partial charge on any atom is -0.374 e. The van der Waals surface area contributed by atoms with E-state index in [1.54, 1.807) is 0 Å². The first-order valence-corrected chi connectivity index (χ1v) is 10.7. The lowest BCUT2D eigenvalue weighted by molar-refractivity contribution is -0.112. The van der Waals surface area contributed by atoms with Gasteiger partial charge in [0.25, 0.3) is 5.91 Å². The van der Waals surface area contributed by atoms with E-state index in [4.69, 9.17) is 18.0 Å². The van der Waals surface area contributed by atoms with Crippen molar-refractivity contribution >= 4 is 40.3 Å². The number of anilines is 2. The number of benzene rings is 2. The third kappa shape index (κ3) is 4.17. The minimum atomic E-state index is -0.0841. The standard InChI is InChI=1S/C23H26N4OS/c24-23(29)27(18-11-5-2-6-12-18)25-21-19-13-7-8-14-20(19)26(22(21)28)16-15-17-9-3-1-4-10-17/h2,5-8,11-14,17H,1,3-4,9-10,15-16H2,(H2,24,29). The molecule has 1 aliphatic heterocycles. The summed E-state index contributed by atoms with van der Waals surface area (Å²) in [6.45, 7) is 0.720. The van der Waals surface area contributed by atoms with Crippen LogP contribution >= 0.6 is 12.2 Å². The first-order valence-electron chi connectivity index (χ1n) is 10.3. The highest BCUT2D eigenvalue weighted by molar-refractivity contribution is 7.80. The molecule has 0 bridgehead atoms. The van der Waals surface area contributed by atoms with Crippen LogP contribution in [0.4, 0.5) is 11.4 Å². The molecular formula is C23H26N4OS. The largest absolute Gasteiger partial charge is 0.374 e. The van der Waals surface area contributed by atoms with Gasteiger partial charge in [-0.15, -0.1) is 0 Å². The number of carbonyl (C=O) groups excluding carboxylic acids is 1. The Bertz CT molecular complexity index is 921. The summed E-state index contributed by atoms with van der Waals surface area (Å²) < 4.78 is 0. The van der Waals surface area contributed by atoms with Crippen molar-refractivity contribution in [2.45, 2.75) is 38.5 Å². The zero-order valence-corrected chi connectivity index (χ0v) is 17.3. The van der Waals surface area contributed by atoms with E-state index < -0.39 is 0 Å². The molecule has 1 aliphatic carbocycles. The molecule has 1 saturated carbocycles. The van der Waals surface area contributed by atoms with Crippen molar-refractivity contribution < 1.29 is 4.79 Å². The van der Waals surface area contributed by atoms with Crippen molar-refractivity contribution in [3.63, 3.8) is 0 Å². The van der Waals surface area contributed by atoms with Gasteiger partial charge in [-0.3, -0.25) is 4.79 Å². The SMILES string of the molecule is NC(=S)N(N=C1C(=O)N(CCC2CCCCC2)c2ccccc21)c1ccccc1. The van der Waals surface area contributed by atoms with Crippen LogP contribution in [0.3, 0.4) is 0 Å². The Kier molecular flexibility index (Phi) is 5.90. The molecule has 0 unspecified atom stereocenters. The number of para-hydroxylation sites is 2. The van der Waals surface area contributed by atoms with Gasteiger partial charge in [-0.1, -0.05) is 68.5 Å². The van der Waals surface area contributed by atoms with Gasteiger partial charge >= 0.3 is 0 Å². The van der Waals surface area contributed by atoms with E-state index in [9.17, 15) is 4.79 Å². The second-order valence-electron chi connectivity index (χ2n) is 7.70. The normalized spacial score (nSPS) is 18.1. The summed E-state index contributed by atoms with van der Waals surface area (Å²) in [7, 11) is 0. The van der Waals surface area contributed by atoms with Crippen molar-refractivity contribution in [1.82, 2.24) is 0 Å². The van der Waals surface area contributed by atoms with Crippen LogP contribution in [0, 0.1) is 5.92 Å². The van der Waals surface area contributed by atoms with E-state index in [1.165, 1.54) is 37.1 Å². The number of rotatable bonds is 5. The molecule has 1 heterocycles. The molecule has 0 radical (unpaired) electrons. The zero-order valence-electron chi connectivity index (χ0n) is 16.5. The average molecular weight is 407 g/mol. The Balaban J connectivity index is 1.62.